The monoisotopic (exact) mass is 433 g/mol. The SMILES string of the molecule is Cc1ccc(C)c(Oc2ccc([N+](=O)[O-])cc2S(=O)(=O)N2CCN(C(C)C)CC2)c1. The van der Waals surface area contributed by atoms with E-state index in [0.29, 0.717) is 38.0 Å². The lowest BCUT2D eigenvalue weighted by molar-refractivity contribution is -0.385. The van der Waals surface area contributed by atoms with E-state index >= 15 is 0 Å². The fourth-order valence-corrected chi connectivity index (χ4v) is 4.99. The highest BCUT2D eigenvalue weighted by molar-refractivity contribution is 7.89. The van der Waals surface area contributed by atoms with Crippen LogP contribution < -0.4 is 4.74 Å². The summed E-state index contributed by atoms with van der Waals surface area (Å²) in [6.07, 6.45) is 0. The number of non-ortho nitro benzene ring substituents is 1. The first-order chi connectivity index (χ1) is 14.1. The Kier molecular flexibility index (Phi) is 6.44. The molecule has 0 radical (unpaired) electrons. The van der Waals surface area contributed by atoms with Crippen LogP contribution in [0.15, 0.2) is 41.3 Å². The van der Waals surface area contributed by atoms with Gasteiger partial charge in [-0.1, -0.05) is 12.1 Å². The average molecular weight is 434 g/mol. The molecule has 30 heavy (non-hydrogen) atoms. The Hall–Kier alpha value is -2.49. The topological polar surface area (TPSA) is 93.0 Å². The summed E-state index contributed by atoms with van der Waals surface area (Å²) in [4.78, 5) is 12.7. The van der Waals surface area contributed by atoms with Crippen molar-refractivity contribution in [3.63, 3.8) is 0 Å². The lowest BCUT2D eigenvalue weighted by Crippen LogP contribution is -2.50. The van der Waals surface area contributed by atoms with Gasteiger partial charge >= 0.3 is 0 Å². The maximum atomic E-state index is 13.4. The highest BCUT2D eigenvalue weighted by atomic mass is 32.2. The predicted molar refractivity (Wildman–Crippen MR) is 115 cm³/mol. The van der Waals surface area contributed by atoms with E-state index < -0.39 is 14.9 Å². The Morgan fingerprint density at radius 2 is 1.67 bits per heavy atom. The first kappa shape index (κ1) is 22.2. The number of piperazine rings is 1. The van der Waals surface area contributed by atoms with Crippen molar-refractivity contribution >= 4 is 15.7 Å². The molecule has 1 fully saturated rings. The standard InChI is InChI=1S/C21H27N3O5S/c1-15(2)22-9-11-23(12-10-22)30(27,28)21-14-18(24(25)26)7-8-19(21)29-20-13-16(3)5-6-17(20)4/h5-8,13-15H,9-12H2,1-4H3. The molecule has 2 aromatic carbocycles. The molecule has 0 amide bonds. The van der Waals surface area contributed by atoms with Gasteiger partial charge in [0.05, 0.1) is 4.92 Å². The molecule has 1 heterocycles. The lowest BCUT2D eigenvalue weighted by Gasteiger charge is -2.36. The van der Waals surface area contributed by atoms with E-state index in [0.717, 1.165) is 17.2 Å². The van der Waals surface area contributed by atoms with Crippen LogP contribution in [0.1, 0.15) is 25.0 Å². The summed E-state index contributed by atoms with van der Waals surface area (Å²) in [7, 11) is -3.96. The van der Waals surface area contributed by atoms with Gasteiger partial charge in [0.15, 0.2) is 0 Å². The van der Waals surface area contributed by atoms with Crippen LogP contribution in [0.2, 0.25) is 0 Å². The molecule has 0 N–H and O–H groups in total. The molecule has 1 aliphatic rings. The smallest absolute Gasteiger partial charge is 0.271 e. The van der Waals surface area contributed by atoms with Crippen molar-refractivity contribution in [2.24, 2.45) is 0 Å². The summed E-state index contributed by atoms with van der Waals surface area (Å²) < 4.78 is 34.1. The molecule has 0 atom stereocenters. The molecule has 3 rings (SSSR count). The van der Waals surface area contributed by atoms with Crippen molar-refractivity contribution in [3.05, 3.63) is 57.6 Å². The third-order valence-corrected chi connectivity index (χ3v) is 7.24. The lowest BCUT2D eigenvalue weighted by atomic mass is 10.1. The van der Waals surface area contributed by atoms with E-state index in [4.69, 9.17) is 4.74 Å². The number of hydrogen-bond acceptors (Lipinski definition) is 6. The van der Waals surface area contributed by atoms with Crippen LogP contribution in [0.25, 0.3) is 0 Å². The van der Waals surface area contributed by atoms with Crippen molar-refractivity contribution in [2.45, 2.75) is 38.6 Å². The zero-order valence-corrected chi connectivity index (χ0v) is 18.5. The van der Waals surface area contributed by atoms with Crippen molar-refractivity contribution in [3.8, 4) is 11.5 Å². The van der Waals surface area contributed by atoms with Crippen LogP contribution in [0, 0.1) is 24.0 Å². The second kappa shape index (κ2) is 8.71. The molecule has 0 aliphatic carbocycles. The van der Waals surface area contributed by atoms with E-state index in [2.05, 4.69) is 18.7 Å². The molecule has 1 saturated heterocycles. The number of rotatable bonds is 6. The molecule has 9 heteroatoms. The summed E-state index contributed by atoms with van der Waals surface area (Å²) in [6, 6.07) is 9.67. The zero-order valence-electron chi connectivity index (χ0n) is 17.7. The van der Waals surface area contributed by atoms with Crippen molar-refractivity contribution in [1.82, 2.24) is 9.21 Å². The van der Waals surface area contributed by atoms with Crippen molar-refractivity contribution < 1.29 is 18.1 Å². The molecular formula is C21H27N3O5S. The Bertz CT molecular complexity index is 1040. The number of sulfonamides is 1. The summed E-state index contributed by atoms with van der Waals surface area (Å²) >= 11 is 0. The summed E-state index contributed by atoms with van der Waals surface area (Å²) in [5.74, 6) is 0.602. The van der Waals surface area contributed by atoms with Gasteiger partial charge in [-0.05, 0) is 51.0 Å². The molecular weight excluding hydrogens is 406 g/mol. The number of nitro groups is 1. The Balaban J connectivity index is 2.00. The van der Waals surface area contributed by atoms with Gasteiger partial charge in [0.2, 0.25) is 10.0 Å². The van der Waals surface area contributed by atoms with Crippen LogP contribution >= 0.6 is 0 Å². The van der Waals surface area contributed by atoms with E-state index in [1.54, 1.807) is 0 Å². The van der Waals surface area contributed by atoms with Gasteiger partial charge in [0, 0.05) is 44.4 Å². The fourth-order valence-electron chi connectivity index (χ4n) is 3.43. The molecule has 0 bridgehead atoms. The molecule has 162 valence electrons. The molecule has 0 aromatic heterocycles. The van der Waals surface area contributed by atoms with Crippen LogP contribution in [-0.4, -0.2) is 54.8 Å². The van der Waals surface area contributed by atoms with Gasteiger partial charge < -0.3 is 4.74 Å². The third-order valence-electron chi connectivity index (χ3n) is 5.32. The fraction of sp³-hybridized carbons (Fsp3) is 0.429. The molecule has 1 aliphatic heterocycles. The number of ether oxygens (including phenoxy) is 1. The minimum absolute atomic E-state index is 0.0839. The number of nitrogens with zero attached hydrogens (tertiary/aromatic N) is 3. The molecule has 8 nitrogen and oxygen atoms in total. The van der Waals surface area contributed by atoms with Crippen LogP contribution in [-0.2, 0) is 10.0 Å². The second-order valence-electron chi connectivity index (χ2n) is 7.79. The molecule has 0 unspecified atom stereocenters. The van der Waals surface area contributed by atoms with E-state index in [-0.39, 0.29) is 16.3 Å². The van der Waals surface area contributed by atoms with E-state index in [1.807, 2.05) is 32.0 Å². The number of hydrogen-bond donors (Lipinski definition) is 0. The van der Waals surface area contributed by atoms with Crippen LogP contribution in [0.5, 0.6) is 11.5 Å². The van der Waals surface area contributed by atoms with Gasteiger partial charge in [-0.25, -0.2) is 8.42 Å². The largest absolute Gasteiger partial charge is 0.456 e. The van der Waals surface area contributed by atoms with E-state index in [9.17, 15) is 18.5 Å². The normalized spacial score (nSPS) is 16.0. The quantitative estimate of drug-likeness (QED) is 0.509. The van der Waals surface area contributed by atoms with Gasteiger partial charge in [-0.15, -0.1) is 0 Å². The van der Waals surface area contributed by atoms with Gasteiger partial charge in [0.25, 0.3) is 5.69 Å². The van der Waals surface area contributed by atoms with Gasteiger partial charge in [-0.3, -0.25) is 15.0 Å². The Labute approximate surface area is 177 Å². The second-order valence-corrected chi connectivity index (χ2v) is 9.70. The zero-order chi connectivity index (χ0) is 22.1. The average Bonchev–Trinajstić information content (AvgIpc) is 2.70. The highest BCUT2D eigenvalue weighted by Gasteiger charge is 2.33. The summed E-state index contributed by atoms with van der Waals surface area (Å²) in [5.41, 5.74) is 1.52. The first-order valence-electron chi connectivity index (χ1n) is 9.87. The number of aryl methyl sites for hydroxylation is 2. The van der Waals surface area contributed by atoms with E-state index in [1.165, 1.54) is 16.4 Å². The van der Waals surface area contributed by atoms with Crippen molar-refractivity contribution in [1.29, 1.82) is 0 Å². The molecule has 2 aromatic rings. The Morgan fingerprint density at radius 1 is 1.00 bits per heavy atom. The summed E-state index contributed by atoms with van der Waals surface area (Å²) in [6.45, 7) is 9.78. The summed E-state index contributed by atoms with van der Waals surface area (Å²) in [5, 5.41) is 11.3. The predicted octanol–water partition coefficient (Wildman–Crippen LogP) is 3.72. The highest BCUT2D eigenvalue weighted by Crippen LogP contribution is 2.35. The van der Waals surface area contributed by atoms with Crippen LogP contribution in [0.3, 0.4) is 0 Å². The Morgan fingerprint density at radius 3 is 2.27 bits per heavy atom. The minimum Gasteiger partial charge on any atom is -0.456 e. The maximum Gasteiger partial charge on any atom is 0.271 e. The first-order valence-corrected chi connectivity index (χ1v) is 11.3. The maximum absolute atomic E-state index is 13.4. The third kappa shape index (κ3) is 4.63. The van der Waals surface area contributed by atoms with Gasteiger partial charge in [0.1, 0.15) is 16.4 Å². The molecule has 0 spiro atoms. The van der Waals surface area contributed by atoms with Crippen molar-refractivity contribution in [2.75, 3.05) is 26.2 Å². The minimum atomic E-state index is -3.96. The van der Waals surface area contributed by atoms with Crippen LogP contribution in [0.4, 0.5) is 5.69 Å². The number of nitro benzene ring substituents is 1. The number of benzene rings is 2. The van der Waals surface area contributed by atoms with Gasteiger partial charge in [-0.2, -0.15) is 4.31 Å². The molecule has 0 saturated carbocycles.